The molecule has 6 heteroatoms. The third kappa shape index (κ3) is 2.58. The maximum atomic E-state index is 13.3. The van der Waals surface area contributed by atoms with Crippen LogP contribution in [0.2, 0.25) is 0 Å². The van der Waals surface area contributed by atoms with Crippen LogP contribution in [0.15, 0.2) is 18.2 Å². The molecule has 0 bridgehead atoms. The van der Waals surface area contributed by atoms with Gasteiger partial charge in [0.1, 0.15) is 11.6 Å². The van der Waals surface area contributed by atoms with Crippen molar-refractivity contribution in [2.75, 3.05) is 13.1 Å². The van der Waals surface area contributed by atoms with Crippen LogP contribution in [0.4, 0.5) is 8.78 Å². The molecule has 2 amide bonds. The first-order chi connectivity index (χ1) is 8.06. The highest BCUT2D eigenvalue weighted by Crippen LogP contribution is 2.13. The van der Waals surface area contributed by atoms with Crippen molar-refractivity contribution in [3.05, 3.63) is 35.4 Å². The van der Waals surface area contributed by atoms with Gasteiger partial charge in [-0.2, -0.15) is 0 Å². The Balaban J connectivity index is 2.16. The molecule has 0 unspecified atom stereocenters. The van der Waals surface area contributed by atoms with Gasteiger partial charge in [-0.3, -0.25) is 9.59 Å². The lowest BCUT2D eigenvalue weighted by Crippen LogP contribution is -2.51. The summed E-state index contributed by atoms with van der Waals surface area (Å²) >= 11 is 0. The van der Waals surface area contributed by atoms with Crippen LogP contribution in [0.1, 0.15) is 5.56 Å². The van der Waals surface area contributed by atoms with E-state index in [1.54, 1.807) is 0 Å². The van der Waals surface area contributed by atoms with E-state index in [0.29, 0.717) is 0 Å². The van der Waals surface area contributed by atoms with Crippen molar-refractivity contribution < 1.29 is 18.4 Å². The SMILES string of the molecule is O=C1CN(Cc2cc(F)ccc2F)C(=O)CN1. The molecule has 1 aliphatic rings. The van der Waals surface area contributed by atoms with Crippen molar-refractivity contribution in [3.8, 4) is 0 Å². The topological polar surface area (TPSA) is 49.4 Å². The Hall–Kier alpha value is -1.98. The summed E-state index contributed by atoms with van der Waals surface area (Å²) in [5, 5.41) is 2.38. The summed E-state index contributed by atoms with van der Waals surface area (Å²) in [5.74, 6) is -1.78. The highest BCUT2D eigenvalue weighted by atomic mass is 19.1. The predicted octanol–water partition coefficient (Wildman–Crippen LogP) is 0.423. The number of amides is 2. The number of piperazine rings is 1. The zero-order valence-corrected chi connectivity index (χ0v) is 8.87. The second-order valence-electron chi connectivity index (χ2n) is 3.76. The number of nitrogens with zero attached hydrogens (tertiary/aromatic N) is 1. The molecule has 1 aliphatic heterocycles. The van der Waals surface area contributed by atoms with Gasteiger partial charge in [0.05, 0.1) is 13.1 Å². The van der Waals surface area contributed by atoms with Crippen molar-refractivity contribution >= 4 is 11.8 Å². The average molecular weight is 240 g/mol. The number of carbonyl (C=O) groups excluding carboxylic acids is 2. The van der Waals surface area contributed by atoms with Gasteiger partial charge in [0, 0.05) is 12.1 Å². The molecule has 90 valence electrons. The molecule has 1 heterocycles. The van der Waals surface area contributed by atoms with E-state index in [1.807, 2.05) is 0 Å². The molecule has 0 aromatic heterocycles. The van der Waals surface area contributed by atoms with Gasteiger partial charge < -0.3 is 10.2 Å². The van der Waals surface area contributed by atoms with Crippen LogP contribution in [0.5, 0.6) is 0 Å². The lowest BCUT2D eigenvalue weighted by Gasteiger charge is -2.26. The average Bonchev–Trinajstić information content (AvgIpc) is 2.28. The minimum Gasteiger partial charge on any atom is -0.345 e. The molecule has 4 nitrogen and oxygen atoms in total. The van der Waals surface area contributed by atoms with E-state index in [9.17, 15) is 18.4 Å². The number of rotatable bonds is 2. The zero-order chi connectivity index (χ0) is 12.4. The van der Waals surface area contributed by atoms with E-state index in [-0.39, 0.29) is 37.0 Å². The Kier molecular flexibility index (Phi) is 3.03. The first kappa shape index (κ1) is 11.5. The van der Waals surface area contributed by atoms with Crippen LogP contribution in [-0.4, -0.2) is 29.8 Å². The van der Waals surface area contributed by atoms with Gasteiger partial charge in [0.15, 0.2) is 0 Å². The van der Waals surface area contributed by atoms with Crippen molar-refractivity contribution in [2.24, 2.45) is 0 Å². The van der Waals surface area contributed by atoms with Crippen LogP contribution >= 0.6 is 0 Å². The van der Waals surface area contributed by atoms with E-state index in [4.69, 9.17) is 0 Å². The number of hydrogen-bond acceptors (Lipinski definition) is 2. The molecule has 1 aromatic carbocycles. The van der Waals surface area contributed by atoms with E-state index in [0.717, 1.165) is 18.2 Å². The van der Waals surface area contributed by atoms with Gasteiger partial charge in [-0.1, -0.05) is 0 Å². The van der Waals surface area contributed by atoms with Gasteiger partial charge in [-0.05, 0) is 18.2 Å². The van der Waals surface area contributed by atoms with Gasteiger partial charge in [-0.25, -0.2) is 8.78 Å². The second-order valence-corrected chi connectivity index (χ2v) is 3.76. The fraction of sp³-hybridized carbons (Fsp3) is 0.273. The Morgan fingerprint density at radius 3 is 2.82 bits per heavy atom. The Morgan fingerprint density at radius 2 is 2.06 bits per heavy atom. The third-order valence-electron chi connectivity index (χ3n) is 2.49. The number of benzene rings is 1. The normalized spacial score (nSPS) is 16.0. The molecule has 2 rings (SSSR count). The Labute approximate surface area is 96.2 Å². The second kappa shape index (κ2) is 4.48. The van der Waals surface area contributed by atoms with Gasteiger partial charge in [-0.15, -0.1) is 0 Å². The predicted molar refractivity (Wildman–Crippen MR) is 54.8 cm³/mol. The number of carbonyl (C=O) groups is 2. The molecule has 1 saturated heterocycles. The van der Waals surface area contributed by atoms with Crippen LogP contribution in [-0.2, 0) is 16.1 Å². The van der Waals surface area contributed by atoms with Crippen LogP contribution in [0, 0.1) is 11.6 Å². The fourth-order valence-corrected chi connectivity index (χ4v) is 1.62. The first-order valence-corrected chi connectivity index (χ1v) is 5.04. The minimum absolute atomic E-state index is 0.0630. The van der Waals surface area contributed by atoms with Gasteiger partial charge in [0.25, 0.3) is 0 Å². The van der Waals surface area contributed by atoms with Crippen LogP contribution in [0.25, 0.3) is 0 Å². The van der Waals surface area contributed by atoms with Gasteiger partial charge >= 0.3 is 0 Å². The minimum atomic E-state index is -0.592. The molecule has 0 atom stereocenters. The highest BCUT2D eigenvalue weighted by molar-refractivity contribution is 5.92. The summed E-state index contributed by atoms with van der Waals surface area (Å²) in [6.45, 7) is -0.333. The summed E-state index contributed by atoms with van der Waals surface area (Å²) in [6, 6.07) is 3.03. The molecule has 0 radical (unpaired) electrons. The van der Waals surface area contributed by atoms with Crippen molar-refractivity contribution in [1.82, 2.24) is 10.2 Å². The number of halogens is 2. The van der Waals surface area contributed by atoms with E-state index >= 15 is 0 Å². The maximum absolute atomic E-state index is 13.3. The molecule has 0 saturated carbocycles. The monoisotopic (exact) mass is 240 g/mol. The van der Waals surface area contributed by atoms with Crippen LogP contribution < -0.4 is 5.32 Å². The zero-order valence-electron chi connectivity index (χ0n) is 8.87. The maximum Gasteiger partial charge on any atom is 0.242 e. The summed E-state index contributed by atoms with van der Waals surface area (Å²) in [6.07, 6.45) is 0. The molecule has 1 N–H and O–H groups in total. The largest absolute Gasteiger partial charge is 0.345 e. The Bertz CT molecular complexity index is 477. The lowest BCUT2D eigenvalue weighted by atomic mass is 10.2. The molecule has 17 heavy (non-hydrogen) atoms. The van der Waals surface area contributed by atoms with Gasteiger partial charge in [0.2, 0.25) is 11.8 Å². The van der Waals surface area contributed by atoms with E-state index in [2.05, 4.69) is 5.32 Å². The molecule has 0 aliphatic carbocycles. The fourth-order valence-electron chi connectivity index (χ4n) is 1.62. The molecular formula is C11H10F2N2O2. The number of nitrogens with one attached hydrogen (secondary N) is 1. The third-order valence-corrected chi connectivity index (χ3v) is 2.49. The van der Waals surface area contributed by atoms with Crippen LogP contribution in [0.3, 0.4) is 0 Å². The van der Waals surface area contributed by atoms with Crippen molar-refractivity contribution in [3.63, 3.8) is 0 Å². The van der Waals surface area contributed by atoms with E-state index < -0.39 is 11.6 Å². The number of hydrogen-bond donors (Lipinski definition) is 1. The molecule has 0 spiro atoms. The van der Waals surface area contributed by atoms with Crippen molar-refractivity contribution in [2.45, 2.75) is 6.54 Å². The summed E-state index contributed by atoms with van der Waals surface area (Å²) in [5.41, 5.74) is 0.0630. The summed E-state index contributed by atoms with van der Waals surface area (Å²) < 4.78 is 26.3. The molecule has 1 fully saturated rings. The lowest BCUT2D eigenvalue weighted by molar-refractivity contribution is -0.141. The standard InChI is InChI=1S/C11H10F2N2O2/c12-8-1-2-9(13)7(3-8)5-15-6-10(16)14-4-11(15)17/h1-3H,4-6H2,(H,14,16). The van der Waals surface area contributed by atoms with Crippen molar-refractivity contribution in [1.29, 1.82) is 0 Å². The smallest absolute Gasteiger partial charge is 0.242 e. The summed E-state index contributed by atoms with van der Waals surface area (Å²) in [7, 11) is 0. The first-order valence-electron chi connectivity index (χ1n) is 5.04. The van der Waals surface area contributed by atoms with E-state index in [1.165, 1.54) is 4.90 Å². The molecular weight excluding hydrogens is 230 g/mol. The quantitative estimate of drug-likeness (QED) is 0.814. The summed E-state index contributed by atoms with van der Waals surface area (Å²) in [4.78, 5) is 23.7. The molecule has 1 aromatic rings. The highest BCUT2D eigenvalue weighted by Gasteiger charge is 2.23. The Morgan fingerprint density at radius 1 is 1.29 bits per heavy atom.